The Kier molecular flexibility index (Phi) is 1.58. The quantitative estimate of drug-likeness (QED) is 0.580. The van der Waals surface area contributed by atoms with Crippen LogP contribution in [0.15, 0.2) is 11.2 Å². The highest BCUT2D eigenvalue weighted by atomic mass is 32.2. The van der Waals surface area contributed by atoms with Crippen molar-refractivity contribution in [2.45, 2.75) is 11.9 Å². The standard InChI is InChI=1S/C5H8N2S/c1-4-6-3-5(7-4)8-2/h3H,1-2H3,(H,6,7). The van der Waals surface area contributed by atoms with E-state index in [0.29, 0.717) is 0 Å². The van der Waals surface area contributed by atoms with Crippen LogP contribution in [-0.4, -0.2) is 16.2 Å². The summed E-state index contributed by atoms with van der Waals surface area (Å²) < 4.78 is 0. The van der Waals surface area contributed by atoms with E-state index < -0.39 is 0 Å². The van der Waals surface area contributed by atoms with Crippen molar-refractivity contribution in [1.82, 2.24) is 9.97 Å². The fourth-order valence-electron chi connectivity index (χ4n) is 0.502. The van der Waals surface area contributed by atoms with Gasteiger partial charge in [0, 0.05) is 0 Å². The average molecular weight is 128 g/mol. The number of thioether (sulfide) groups is 1. The van der Waals surface area contributed by atoms with Crippen molar-refractivity contribution >= 4 is 11.8 Å². The van der Waals surface area contributed by atoms with E-state index in [0.717, 1.165) is 10.9 Å². The maximum absolute atomic E-state index is 4.01. The number of rotatable bonds is 1. The predicted molar refractivity (Wildman–Crippen MR) is 35.1 cm³/mol. The number of hydrogen-bond acceptors (Lipinski definition) is 2. The molecule has 0 saturated carbocycles. The summed E-state index contributed by atoms with van der Waals surface area (Å²) >= 11 is 1.67. The first-order valence-electron chi connectivity index (χ1n) is 2.38. The lowest BCUT2D eigenvalue weighted by Gasteiger charge is -1.81. The van der Waals surface area contributed by atoms with Crippen LogP contribution >= 0.6 is 11.8 Å². The van der Waals surface area contributed by atoms with Gasteiger partial charge in [0.2, 0.25) is 0 Å². The minimum absolute atomic E-state index is 0.981. The molecule has 3 heteroatoms. The number of imidazole rings is 1. The molecule has 0 amide bonds. The Morgan fingerprint density at radius 1 is 1.75 bits per heavy atom. The Bertz CT molecular complexity index is 171. The third-order valence-corrected chi connectivity index (χ3v) is 1.55. The first-order valence-corrected chi connectivity index (χ1v) is 3.61. The van der Waals surface area contributed by atoms with Crippen molar-refractivity contribution in [3.05, 3.63) is 12.0 Å². The monoisotopic (exact) mass is 128 g/mol. The van der Waals surface area contributed by atoms with Crippen LogP contribution < -0.4 is 0 Å². The lowest BCUT2D eigenvalue weighted by molar-refractivity contribution is 1.10. The van der Waals surface area contributed by atoms with E-state index in [-0.39, 0.29) is 0 Å². The fourth-order valence-corrected chi connectivity index (χ4v) is 0.910. The Balaban J connectivity index is 2.84. The van der Waals surface area contributed by atoms with Crippen molar-refractivity contribution in [1.29, 1.82) is 0 Å². The molecule has 1 heterocycles. The third kappa shape index (κ3) is 1.04. The molecule has 0 radical (unpaired) electrons. The van der Waals surface area contributed by atoms with Crippen LogP contribution in [0, 0.1) is 6.92 Å². The van der Waals surface area contributed by atoms with E-state index in [9.17, 15) is 0 Å². The Morgan fingerprint density at radius 2 is 2.50 bits per heavy atom. The Morgan fingerprint density at radius 3 is 2.75 bits per heavy atom. The lowest BCUT2D eigenvalue weighted by atomic mass is 10.8. The van der Waals surface area contributed by atoms with Gasteiger partial charge in [-0.1, -0.05) is 0 Å². The minimum Gasteiger partial charge on any atom is -0.337 e. The summed E-state index contributed by atoms with van der Waals surface area (Å²) in [6, 6.07) is 0. The summed E-state index contributed by atoms with van der Waals surface area (Å²) in [6.45, 7) is 1.94. The molecule has 1 aromatic rings. The maximum atomic E-state index is 4.01. The molecule has 0 aliphatic rings. The second kappa shape index (κ2) is 2.22. The van der Waals surface area contributed by atoms with Crippen LogP contribution in [0.3, 0.4) is 0 Å². The van der Waals surface area contributed by atoms with Gasteiger partial charge in [-0.25, -0.2) is 4.98 Å². The van der Waals surface area contributed by atoms with Gasteiger partial charge in [0.25, 0.3) is 0 Å². The van der Waals surface area contributed by atoms with Crippen molar-refractivity contribution in [3.8, 4) is 0 Å². The van der Waals surface area contributed by atoms with Crippen molar-refractivity contribution < 1.29 is 0 Å². The van der Waals surface area contributed by atoms with E-state index in [1.165, 1.54) is 0 Å². The van der Waals surface area contributed by atoms with Crippen LogP contribution in [-0.2, 0) is 0 Å². The molecule has 8 heavy (non-hydrogen) atoms. The first-order chi connectivity index (χ1) is 3.83. The third-order valence-electron chi connectivity index (χ3n) is 0.899. The summed E-state index contributed by atoms with van der Waals surface area (Å²) in [5, 5.41) is 1.13. The largest absolute Gasteiger partial charge is 0.337 e. The topological polar surface area (TPSA) is 28.7 Å². The molecule has 0 aliphatic carbocycles. The zero-order valence-corrected chi connectivity index (χ0v) is 5.75. The van der Waals surface area contributed by atoms with Gasteiger partial charge in [-0.2, -0.15) is 0 Å². The SMILES string of the molecule is CSc1cnc(C)[nH]1. The van der Waals surface area contributed by atoms with Crippen LogP contribution in [0.2, 0.25) is 0 Å². The highest BCUT2D eigenvalue weighted by Gasteiger charge is 1.89. The molecule has 0 atom stereocenters. The summed E-state index contributed by atoms with van der Waals surface area (Å²) in [4.78, 5) is 7.09. The second-order valence-electron chi connectivity index (χ2n) is 1.54. The smallest absolute Gasteiger partial charge is 0.103 e. The zero-order valence-electron chi connectivity index (χ0n) is 4.93. The molecule has 0 spiro atoms. The van der Waals surface area contributed by atoms with Gasteiger partial charge in [0.1, 0.15) is 5.82 Å². The van der Waals surface area contributed by atoms with Gasteiger partial charge < -0.3 is 4.98 Å². The highest BCUT2D eigenvalue weighted by Crippen LogP contribution is 2.08. The average Bonchev–Trinajstić information content (AvgIpc) is 2.14. The molecular formula is C5H8N2S. The van der Waals surface area contributed by atoms with Gasteiger partial charge in [-0.05, 0) is 13.2 Å². The summed E-state index contributed by atoms with van der Waals surface area (Å²) in [5.41, 5.74) is 0. The van der Waals surface area contributed by atoms with Crippen LogP contribution in [0.4, 0.5) is 0 Å². The number of aryl methyl sites for hydroxylation is 1. The van der Waals surface area contributed by atoms with E-state index in [1.807, 2.05) is 19.4 Å². The fraction of sp³-hybridized carbons (Fsp3) is 0.400. The molecular weight excluding hydrogens is 120 g/mol. The molecule has 1 aromatic heterocycles. The summed E-state index contributed by atoms with van der Waals surface area (Å²) in [6.07, 6.45) is 3.85. The number of hydrogen-bond donors (Lipinski definition) is 1. The minimum atomic E-state index is 0.981. The van der Waals surface area contributed by atoms with Crippen molar-refractivity contribution in [2.24, 2.45) is 0 Å². The van der Waals surface area contributed by atoms with Gasteiger partial charge in [-0.15, -0.1) is 11.8 Å². The molecule has 0 fully saturated rings. The predicted octanol–water partition coefficient (Wildman–Crippen LogP) is 1.44. The normalized spacial score (nSPS) is 9.75. The molecule has 1 N–H and O–H groups in total. The van der Waals surface area contributed by atoms with E-state index in [2.05, 4.69) is 9.97 Å². The number of aromatic nitrogens is 2. The molecule has 0 aromatic carbocycles. The second-order valence-corrected chi connectivity index (χ2v) is 2.39. The molecule has 1 rings (SSSR count). The first kappa shape index (κ1) is 5.69. The maximum Gasteiger partial charge on any atom is 0.103 e. The van der Waals surface area contributed by atoms with Gasteiger partial charge in [0.15, 0.2) is 0 Å². The number of nitrogens with one attached hydrogen (secondary N) is 1. The van der Waals surface area contributed by atoms with E-state index in [1.54, 1.807) is 11.8 Å². The number of H-pyrrole nitrogens is 1. The van der Waals surface area contributed by atoms with Crippen LogP contribution in [0.1, 0.15) is 5.82 Å². The molecule has 44 valence electrons. The molecule has 0 aliphatic heterocycles. The number of aromatic amines is 1. The lowest BCUT2D eigenvalue weighted by Crippen LogP contribution is -1.69. The Hall–Kier alpha value is -0.440. The Labute approximate surface area is 52.7 Å². The van der Waals surface area contributed by atoms with Gasteiger partial charge >= 0.3 is 0 Å². The highest BCUT2D eigenvalue weighted by molar-refractivity contribution is 7.98. The van der Waals surface area contributed by atoms with Crippen LogP contribution in [0.25, 0.3) is 0 Å². The zero-order chi connectivity index (χ0) is 5.98. The number of nitrogens with zero attached hydrogens (tertiary/aromatic N) is 1. The van der Waals surface area contributed by atoms with Crippen LogP contribution in [0.5, 0.6) is 0 Å². The van der Waals surface area contributed by atoms with Crippen molar-refractivity contribution in [2.75, 3.05) is 6.26 Å². The van der Waals surface area contributed by atoms with Gasteiger partial charge in [0.05, 0.1) is 11.2 Å². The van der Waals surface area contributed by atoms with Gasteiger partial charge in [-0.3, -0.25) is 0 Å². The molecule has 0 unspecified atom stereocenters. The van der Waals surface area contributed by atoms with E-state index >= 15 is 0 Å². The molecule has 0 bridgehead atoms. The van der Waals surface area contributed by atoms with Crippen molar-refractivity contribution in [3.63, 3.8) is 0 Å². The molecule has 2 nitrogen and oxygen atoms in total. The summed E-state index contributed by atoms with van der Waals surface area (Å²) in [7, 11) is 0. The molecule has 0 saturated heterocycles. The summed E-state index contributed by atoms with van der Waals surface area (Å²) in [5.74, 6) is 0.981. The van der Waals surface area contributed by atoms with E-state index in [4.69, 9.17) is 0 Å².